The van der Waals surface area contributed by atoms with Gasteiger partial charge in [0.1, 0.15) is 0 Å². The fourth-order valence-electron chi connectivity index (χ4n) is 11.7. The molecule has 4 fully saturated rings. The van der Waals surface area contributed by atoms with E-state index in [-0.39, 0.29) is 5.41 Å². The molecule has 0 amide bonds. The fourth-order valence-corrected chi connectivity index (χ4v) is 11.7. The molecular formula is C31H52O. The zero-order chi connectivity index (χ0) is 23.3. The van der Waals surface area contributed by atoms with Crippen molar-refractivity contribution < 1.29 is 4.74 Å². The highest BCUT2D eigenvalue weighted by Crippen LogP contribution is 2.76. The molecule has 1 heteroatoms. The summed E-state index contributed by atoms with van der Waals surface area (Å²) in [6.07, 6.45) is 15.8. The summed E-state index contributed by atoms with van der Waals surface area (Å²) in [6, 6.07) is 0. The van der Waals surface area contributed by atoms with Crippen molar-refractivity contribution in [1.82, 2.24) is 0 Å². The number of hydrogen-bond acceptors (Lipinski definition) is 1. The molecule has 5 aliphatic carbocycles. The molecule has 32 heavy (non-hydrogen) atoms. The maximum absolute atomic E-state index is 6.03. The summed E-state index contributed by atoms with van der Waals surface area (Å²) in [5.74, 6) is 4.23. The van der Waals surface area contributed by atoms with Crippen molar-refractivity contribution in [2.75, 3.05) is 7.11 Å². The molecule has 182 valence electrons. The van der Waals surface area contributed by atoms with Crippen LogP contribution in [0.2, 0.25) is 0 Å². The van der Waals surface area contributed by atoms with E-state index in [0.29, 0.717) is 27.8 Å². The van der Waals surface area contributed by atoms with E-state index >= 15 is 0 Å². The van der Waals surface area contributed by atoms with Crippen molar-refractivity contribution in [3.05, 3.63) is 11.6 Å². The summed E-state index contributed by atoms with van der Waals surface area (Å²) < 4.78 is 6.03. The first kappa shape index (κ1) is 23.4. The van der Waals surface area contributed by atoms with Crippen molar-refractivity contribution in [2.45, 2.75) is 119 Å². The van der Waals surface area contributed by atoms with Gasteiger partial charge in [-0.1, -0.05) is 67.0 Å². The normalized spacial score (nSPS) is 54.3. The minimum absolute atomic E-state index is 0.274. The third-order valence-electron chi connectivity index (χ3n) is 13.5. The molecule has 0 aromatic carbocycles. The number of ether oxygens (including phenoxy) is 1. The summed E-state index contributed by atoms with van der Waals surface area (Å²) in [4.78, 5) is 0. The molecular weight excluding hydrogens is 388 g/mol. The number of fused-ring (bicyclic) bond motifs is 7. The summed E-state index contributed by atoms with van der Waals surface area (Å²) in [7, 11) is 1.94. The van der Waals surface area contributed by atoms with E-state index in [9.17, 15) is 0 Å². The average Bonchev–Trinajstić information content (AvgIpc) is 3.08. The molecule has 0 heterocycles. The van der Waals surface area contributed by atoms with Crippen LogP contribution in [0.4, 0.5) is 0 Å². The average molecular weight is 441 g/mol. The van der Waals surface area contributed by atoms with E-state index in [1.54, 1.807) is 0 Å². The highest BCUT2D eigenvalue weighted by atomic mass is 16.5. The van der Waals surface area contributed by atoms with Gasteiger partial charge in [0.05, 0.1) is 6.10 Å². The Morgan fingerprint density at radius 1 is 0.812 bits per heavy atom. The Bertz CT molecular complexity index is 792. The third kappa shape index (κ3) is 2.67. The van der Waals surface area contributed by atoms with Crippen molar-refractivity contribution in [1.29, 1.82) is 0 Å². The Morgan fingerprint density at radius 3 is 2.16 bits per heavy atom. The molecule has 0 radical (unpaired) electrons. The predicted octanol–water partition coefficient (Wildman–Crippen LogP) is 8.68. The van der Waals surface area contributed by atoms with Crippen LogP contribution in [0.1, 0.15) is 113 Å². The Morgan fingerprint density at radius 2 is 1.50 bits per heavy atom. The summed E-state index contributed by atoms with van der Waals surface area (Å²) in [6.45, 7) is 20.9. The molecule has 9 unspecified atom stereocenters. The van der Waals surface area contributed by atoms with Crippen molar-refractivity contribution >= 4 is 0 Å². The first-order valence-electron chi connectivity index (χ1n) is 14.1. The van der Waals surface area contributed by atoms with Crippen LogP contribution in [0.3, 0.4) is 0 Å². The van der Waals surface area contributed by atoms with Gasteiger partial charge in [0.2, 0.25) is 0 Å². The zero-order valence-corrected chi connectivity index (χ0v) is 22.8. The lowest BCUT2D eigenvalue weighted by Crippen LogP contribution is -2.62. The molecule has 0 saturated heterocycles. The molecule has 1 nitrogen and oxygen atoms in total. The number of allylic oxidation sites excluding steroid dienone is 2. The van der Waals surface area contributed by atoms with Crippen molar-refractivity contribution in [3.63, 3.8) is 0 Å². The van der Waals surface area contributed by atoms with Crippen LogP contribution < -0.4 is 0 Å². The van der Waals surface area contributed by atoms with E-state index in [1.165, 1.54) is 57.8 Å². The van der Waals surface area contributed by atoms with Gasteiger partial charge >= 0.3 is 0 Å². The summed E-state index contributed by atoms with van der Waals surface area (Å²) in [5.41, 5.74) is 4.05. The molecule has 9 atom stereocenters. The lowest BCUT2D eigenvalue weighted by molar-refractivity contribution is -0.168. The van der Waals surface area contributed by atoms with Crippen LogP contribution in [0.15, 0.2) is 11.6 Å². The van der Waals surface area contributed by atoms with Gasteiger partial charge in [-0.2, -0.15) is 0 Å². The third-order valence-corrected chi connectivity index (χ3v) is 13.5. The first-order chi connectivity index (χ1) is 14.9. The molecule has 5 aliphatic rings. The monoisotopic (exact) mass is 440 g/mol. The van der Waals surface area contributed by atoms with E-state index in [1.807, 2.05) is 12.7 Å². The largest absolute Gasteiger partial charge is 0.381 e. The molecule has 0 bridgehead atoms. The molecule has 0 spiro atoms. The van der Waals surface area contributed by atoms with E-state index in [4.69, 9.17) is 4.74 Å². The van der Waals surface area contributed by atoms with Gasteiger partial charge in [0, 0.05) is 7.11 Å². The number of methoxy groups -OCH3 is 1. The molecule has 0 aromatic rings. The summed E-state index contributed by atoms with van der Waals surface area (Å²) >= 11 is 0. The second-order valence-corrected chi connectivity index (χ2v) is 14.9. The van der Waals surface area contributed by atoms with Crippen LogP contribution in [0.5, 0.6) is 0 Å². The Hall–Kier alpha value is -0.300. The van der Waals surface area contributed by atoms with Gasteiger partial charge in [-0.25, -0.2) is 0 Å². The molecule has 0 N–H and O–H groups in total. The molecule has 4 saturated carbocycles. The lowest BCUT2D eigenvalue weighted by Gasteiger charge is -2.69. The van der Waals surface area contributed by atoms with Crippen LogP contribution in [-0.2, 0) is 4.74 Å². The number of rotatable bonds is 2. The highest BCUT2D eigenvalue weighted by Gasteiger charge is 2.68. The Kier molecular flexibility index (Phi) is 5.21. The standard InChI is InChI=1S/C31H52O/c1-20(2)21-10-13-25-29(21,6)18-19-30(7)23-11-12-24-27(3,4)26(32-9)15-16-28(24,5)22(23)14-17-31(25,30)8/h14,20-21,23-26H,10-13,15-19H2,1-9H3. The van der Waals surface area contributed by atoms with Gasteiger partial charge < -0.3 is 4.74 Å². The van der Waals surface area contributed by atoms with Crippen LogP contribution in [0.25, 0.3) is 0 Å². The smallest absolute Gasteiger partial charge is 0.0625 e. The van der Waals surface area contributed by atoms with Gasteiger partial charge in [0.15, 0.2) is 0 Å². The van der Waals surface area contributed by atoms with E-state index in [2.05, 4.69) is 61.5 Å². The van der Waals surface area contributed by atoms with Gasteiger partial charge in [-0.3, -0.25) is 0 Å². The minimum atomic E-state index is 0.274. The molecule has 0 aliphatic heterocycles. The SMILES string of the molecule is COC1CCC2(C)C3=CCC4(C)C5CCC(C(C)C)C5(C)CCC4(C)C3CCC2C1(C)C. The second kappa shape index (κ2) is 7.11. The number of hydrogen-bond donors (Lipinski definition) is 0. The quantitative estimate of drug-likeness (QED) is 0.390. The predicted molar refractivity (Wildman–Crippen MR) is 135 cm³/mol. The maximum atomic E-state index is 6.03. The highest BCUT2D eigenvalue weighted by molar-refractivity contribution is 5.33. The van der Waals surface area contributed by atoms with Crippen molar-refractivity contribution in [2.24, 2.45) is 56.7 Å². The Labute approximate surface area is 199 Å². The minimum Gasteiger partial charge on any atom is -0.381 e. The topological polar surface area (TPSA) is 9.23 Å². The second-order valence-electron chi connectivity index (χ2n) is 14.9. The van der Waals surface area contributed by atoms with Crippen molar-refractivity contribution in [3.8, 4) is 0 Å². The van der Waals surface area contributed by atoms with E-state index in [0.717, 1.165) is 29.6 Å². The van der Waals surface area contributed by atoms with Gasteiger partial charge in [0.25, 0.3) is 0 Å². The van der Waals surface area contributed by atoms with Gasteiger partial charge in [-0.15, -0.1) is 0 Å². The fraction of sp³-hybridized carbons (Fsp3) is 0.935. The molecule has 0 aromatic heterocycles. The lowest BCUT2D eigenvalue weighted by atomic mass is 9.35. The maximum Gasteiger partial charge on any atom is 0.0625 e. The molecule has 5 rings (SSSR count). The Balaban J connectivity index is 1.54. The van der Waals surface area contributed by atoms with Gasteiger partial charge in [-0.05, 0) is 114 Å². The first-order valence-corrected chi connectivity index (χ1v) is 14.1. The van der Waals surface area contributed by atoms with Crippen LogP contribution in [-0.4, -0.2) is 13.2 Å². The van der Waals surface area contributed by atoms with Crippen LogP contribution in [0, 0.1) is 56.7 Å². The summed E-state index contributed by atoms with van der Waals surface area (Å²) in [5, 5.41) is 0. The van der Waals surface area contributed by atoms with Crippen LogP contribution >= 0.6 is 0 Å². The van der Waals surface area contributed by atoms with E-state index < -0.39 is 0 Å². The zero-order valence-electron chi connectivity index (χ0n) is 22.8.